The van der Waals surface area contributed by atoms with E-state index in [-0.39, 0.29) is 4.87 Å². The van der Waals surface area contributed by atoms with Gasteiger partial charge in [0.2, 0.25) is 0 Å². The average molecular weight is 336 g/mol. The predicted octanol–water partition coefficient (Wildman–Crippen LogP) is 4.43. The molecule has 4 heteroatoms. The number of fused-ring (bicyclic) bond motifs is 1. The molecule has 3 aromatic rings. The second-order valence-corrected chi connectivity index (χ2v) is 6.71. The summed E-state index contributed by atoms with van der Waals surface area (Å²) in [5.74, 6) is 0. The van der Waals surface area contributed by atoms with Gasteiger partial charge >= 0.3 is 4.87 Å². The highest BCUT2D eigenvalue weighted by molar-refractivity contribution is 7.09. The molecule has 0 aliphatic rings. The molecule has 0 fully saturated rings. The molecule has 0 saturated carbocycles. The fourth-order valence-electron chi connectivity index (χ4n) is 2.82. The van der Waals surface area contributed by atoms with E-state index in [4.69, 9.17) is 0 Å². The zero-order valence-corrected chi connectivity index (χ0v) is 14.3. The van der Waals surface area contributed by atoms with Crippen molar-refractivity contribution >= 4 is 22.1 Å². The minimum absolute atomic E-state index is 0.0229. The number of aromatic nitrogens is 1. The van der Waals surface area contributed by atoms with Gasteiger partial charge in [-0.05, 0) is 22.4 Å². The Balaban J connectivity index is 1.99. The van der Waals surface area contributed by atoms with E-state index in [9.17, 15) is 4.79 Å². The van der Waals surface area contributed by atoms with E-state index in [0.717, 1.165) is 29.2 Å². The second kappa shape index (κ2) is 7.43. The summed E-state index contributed by atoms with van der Waals surface area (Å²) >= 11 is 1.27. The van der Waals surface area contributed by atoms with Crippen molar-refractivity contribution in [3.63, 3.8) is 0 Å². The first-order valence-electron chi connectivity index (χ1n) is 7.86. The summed E-state index contributed by atoms with van der Waals surface area (Å²) < 4.78 is 0. The van der Waals surface area contributed by atoms with Crippen LogP contribution in [0, 0.1) is 0 Å². The van der Waals surface area contributed by atoms with Crippen molar-refractivity contribution in [1.82, 2.24) is 9.88 Å². The van der Waals surface area contributed by atoms with Gasteiger partial charge in [-0.15, -0.1) is 13.2 Å². The molecule has 0 radical (unpaired) electrons. The summed E-state index contributed by atoms with van der Waals surface area (Å²) in [5.41, 5.74) is 1.95. The minimum atomic E-state index is -0.0229. The maximum Gasteiger partial charge on any atom is 0.305 e. The quantitative estimate of drug-likeness (QED) is 0.648. The number of hydrogen-bond acceptors (Lipinski definition) is 3. The molecule has 0 spiro atoms. The Hall–Kier alpha value is -2.43. The van der Waals surface area contributed by atoms with Crippen LogP contribution >= 0.6 is 11.3 Å². The van der Waals surface area contributed by atoms with Crippen LogP contribution in [0.5, 0.6) is 0 Å². The van der Waals surface area contributed by atoms with Gasteiger partial charge in [-0.3, -0.25) is 9.69 Å². The van der Waals surface area contributed by atoms with Crippen molar-refractivity contribution in [3.05, 3.63) is 82.3 Å². The van der Waals surface area contributed by atoms with Crippen LogP contribution in [0.25, 0.3) is 22.0 Å². The molecule has 1 N–H and O–H groups in total. The fourth-order valence-corrected chi connectivity index (χ4v) is 3.72. The van der Waals surface area contributed by atoms with Crippen molar-refractivity contribution < 1.29 is 0 Å². The Bertz CT molecular complexity index is 913. The second-order valence-electron chi connectivity index (χ2n) is 5.65. The first-order valence-corrected chi connectivity index (χ1v) is 8.68. The third-order valence-corrected chi connectivity index (χ3v) is 4.77. The lowest BCUT2D eigenvalue weighted by molar-refractivity contribution is 0.331. The van der Waals surface area contributed by atoms with Gasteiger partial charge in [-0.1, -0.05) is 59.9 Å². The van der Waals surface area contributed by atoms with Crippen LogP contribution in [0.4, 0.5) is 0 Å². The molecule has 0 atom stereocenters. The highest BCUT2D eigenvalue weighted by Crippen LogP contribution is 2.27. The molecule has 0 amide bonds. The first-order chi connectivity index (χ1) is 11.7. The highest BCUT2D eigenvalue weighted by Gasteiger charge is 2.13. The molecule has 1 aromatic heterocycles. The zero-order chi connectivity index (χ0) is 16.9. The third kappa shape index (κ3) is 3.55. The maximum atomic E-state index is 11.9. The Morgan fingerprint density at radius 2 is 1.75 bits per heavy atom. The number of aromatic amines is 1. The maximum absolute atomic E-state index is 11.9. The molecule has 0 bridgehead atoms. The lowest BCUT2D eigenvalue weighted by Crippen LogP contribution is -2.23. The van der Waals surface area contributed by atoms with E-state index in [0.29, 0.717) is 6.54 Å². The van der Waals surface area contributed by atoms with Crippen LogP contribution in [0.2, 0.25) is 0 Å². The third-order valence-electron chi connectivity index (χ3n) is 3.90. The smallest absolute Gasteiger partial charge is 0.305 e. The van der Waals surface area contributed by atoms with E-state index >= 15 is 0 Å². The van der Waals surface area contributed by atoms with Gasteiger partial charge in [0.15, 0.2) is 0 Å². The molecule has 3 nitrogen and oxygen atoms in total. The first kappa shape index (κ1) is 16.4. The van der Waals surface area contributed by atoms with Gasteiger partial charge in [0.05, 0.1) is 5.69 Å². The Morgan fingerprint density at radius 1 is 1.04 bits per heavy atom. The highest BCUT2D eigenvalue weighted by atomic mass is 32.1. The van der Waals surface area contributed by atoms with E-state index in [2.05, 4.69) is 53.4 Å². The number of thiazole rings is 1. The van der Waals surface area contributed by atoms with Crippen LogP contribution in [0.1, 0.15) is 4.88 Å². The van der Waals surface area contributed by atoms with E-state index in [1.807, 2.05) is 24.3 Å². The van der Waals surface area contributed by atoms with E-state index in [1.165, 1.54) is 22.1 Å². The summed E-state index contributed by atoms with van der Waals surface area (Å²) in [5, 5.41) is 2.36. The monoisotopic (exact) mass is 336 g/mol. The Labute approximate surface area is 145 Å². The lowest BCUT2D eigenvalue weighted by atomic mass is 10.0. The molecule has 0 unspecified atom stereocenters. The Morgan fingerprint density at radius 3 is 2.46 bits per heavy atom. The van der Waals surface area contributed by atoms with Crippen LogP contribution < -0.4 is 4.87 Å². The normalized spacial score (nSPS) is 11.0. The zero-order valence-electron chi connectivity index (χ0n) is 13.5. The molecule has 0 saturated heterocycles. The molecule has 24 heavy (non-hydrogen) atoms. The molecule has 0 aliphatic carbocycles. The molecule has 3 rings (SSSR count). The molecular formula is C20H20N2OS. The molecular weight excluding hydrogens is 316 g/mol. The predicted molar refractivity (Wildman–Crippen MR) is 104 cm³/mol. The van der Waals surface area contributed by atoms with Crippen molar-refractivity contribution in [2.45, 2.75) is 6.54 Å². The number of hydrogen-bond donors (Lipinski definition) is 1. The number of nitrogens with one attached hydrogen (secondary N) is 1. The fraction of sp³-hybridized carbons (Fsp3) is 0.150. The van der Waals surface area contributed by atoms with Crippen molar-refractivity contribution in [2.75, 3.05) is 13.1 Å². The van der Waals surface area contributed by atoms with Gasteiger partial charge in [0.1, 0.15) is 0 Å². The number of H-pyrrole nitrogens is 1. The number of benzene rings is 2. The van der Waals surface area contributed by atoms with Crippen LogP contribution in [0.15, 0.2) is 72.6 Å². The number of nitrogens with zero attached hydrogens (tertiary/aromatic N) is 1. The molecule has 1 heterocycles. The summed E-state index contributed by atoms with van der Waals surface area (Å²) in [7, 11) is 0. The lowest BCUT2D eigenvalue weighted by Gasteiger charge is -2.18. The Kier molecular flexibility index (Phi) is 5.08. The number of rotatable bonds is 7. The van der Waals surface area contributed by atoms with Crippen molar-refractivity contribution in [3.8, 4) is 11.3 Å². The van der Waals surface area contributed by atoms with Crippen LogP contribution in [0.3, 0.4) is 0 Å². The average Bonchev–Trinajstić information content (AvgIpc) is 2.95. The summed E-state index contributed by atoms with van der Waals surface area (Å²) in [6, 6.07) is 14.5. The SMILES string of the molecule is C=CCN(CC=C)Cc1sc(=O)[nH]c1-c1ccc2ccccc2c1. The topological polar surface area (TPSA) is 36.1 Å². The van der Waals surface area contributed by atoms with Crippen molar-refractivity contribution in [1.29, 1.82) is 0 Å². The minimum Gasteiger partial charge on any atom is -0.312 e. The van der Waals surface area contributed by atoms with E-state index < -0.39 is 0 Å². The molecule has 0 aliphatic heterocycles. The molecule has 122 valence electrons. The van der Waals surface area contributed by atoms with Crippen molar-refractivity contribution in [2.24, 2.45) is 0 Å². The van der Waals surface area contributed by atoms with Gasteiger partial charge in [0, 0.05) is 24.5 Å². The van der Waals surface area contributed by atoms with Gasteiger partial charge < -0.3 is 4.98 Å². The van der Waals surface area contributed by atoms with Crippen LogP contribution in [-0.2, 0) is 6.54 Å². The van der Waals surface area contributed by atoms with Gasteiger partial charge in [-0.2, -0.15) is 0 Å². The summed E-state index contributed by atoms with van der Waals surface area (Å²) in [6.07, 6.45) is 3.74. The van der Waals surface area contributed by atoms with E-state index in [1.54, 1.807) is 0 Å². The molecule has 2 aromatic carbocycles. The largest absolute Gasteiger partial charge is 0.312 e. The summed E-state index contributed by atoms with van der Waals surface area (Å²) in [6.45, 7) is 9.82. The van der Waals surface area contributed by atoms with Gasteiger partial charge in [-0.25, -0.2) is 0 Å². The van der Waals surface area contributed by atoms with Gasteiger partial charge in [0.25, 0.3) is 0 Å². The summed E-state index contributed by atoms with van der Waals surface area (Å²) in [4.78, 5) is 18.2. The van der Waals surface area contributed by atoms with Crippen LogP contribution in [-0.4, -0.2) is 23.0 Å². The standard InChI is InChI=1S/C20H20N2OS/c1-3-11-22(12-4-2)14-18-19(21-20(23)24-18)17-10-9-15-7-5-6-8-16(15)13-17/h3-10,13H,1-2,11-12,14H2,(H,21,23).